The standard InChI is InChI=1S/C21H25N5O/c1-3-4-12-21(23-24-21)13-11-20(27)25-14-7-8-17(25)15-26-16(2)22-18-9-5-6-10-19(18)26/h1,5-6,9-10,17H,4,7-8,11-15H2,2H3. The van der Waals surface area contributed by atoms with Crippen molar-refractivity contribution < 1.29 is 4.79 Å². The molecule has 2 aliphatic rings. The van der Waals surface area contributed by atoms with Crippen LogP contribution in [0.2, 0.25) is 0 Å². The fourth-order valence-corrected chi connectivity index (χ4v) is 4.11. The minimum Gasteiger partial charge on any atom is -0.338 e. The van der Waals surface area contributed by atoms with Crippen LogP contribution in [0.5, 0.6) is 0 Å². The van der Waals surface area contributed by atoms with E-state index in [0.29, 0.717) is 19.3 Å². The van der Waals surface area contributed by atoms with Gasteiger partial charge in [0.15, 0.2) is 5.66 Å². The van der Waals surface area contributed by atoms with Crippen molar-refractivity contribution in [1.29, 1.82) is 0 Å². The van der Waals surface area contributed by atoms with E-state index in [4.69, 9.17) is 6.42 Å². The smallest absolute Gasteiger partial charge is 0.223 e. The number of hydrogen-bond acceptors (Lipinski definition) is 4. The Balaban J connectivity index is 1.41. The molecule has 27 heavy (non-hydrogen) atoms. The van der Waals surface area contributed by atoms with Gasteiger partial charge in [-0.05, 0) is 31.9 Å². The Bertz CT molecular complexity index is 916. The number of carbonyl (C=O) groups excluding carboxylic acids is 1. The molecule has 1 amide bonds. The highest BCUT2D eigenvalue weighted by Gasteiger charge is 2.40. The zero-order valence-electron chi connectivity index (χ0n) is 15.8. The third-order valence-corrected chi connectivity index (χ3v) is 5.73. The molecule has 0 saturated carbocycles. The number of imidazole rings is 1. The Morgan fingerprint density at radius 2 is 2.15 bits per heavy atom. The van der Waals surface area contributed by atoms with Crippen LogP contribution < -0.4 is 0 Å². The molecule has 0 aliphatic carbocycles. The molecular weight excluding hydrogens is 338 g/mol. The first-order chi connectivity index (χ1) is 13.1. The Kier molecular flexibility index (Phi) is 4.69. The average molecular weight is 363 g/mol. The van der Waals surface area contributed by atoms with Gasteiger partial charge in [-0.1, -0.05) is 12.1 Å². The van der Waals surface area contributed by atoms with Gasteiger partial charge in [-0.2, -0.15) is 10.2 Å². The highest BCUT2D eigenvalue weighted by atomic mass is 16.2. The van der Waals surface area contributed by atoms with Gasteiger partial charge in [-0.15, -0.1) is 12.3 Å². The maximum Gasteiger partial charge on any atom is 0.223 e. The first-order valence-electron chi connectivity index (χ1n) is 9.71. The molecule has 0 spiro atoms. The number of amides is 1. The summed E-state index contributed by atoms with van der Waals surface area (Å²) in [6.07, 6.45) is 9.99. The van der Waals surface area contributed by atoms with Crippen LogP contribution in [0.1, 0.15) is 44.3 Å². The Morgan fingerprint density at radius 3 is 2.93 bits per heavy atom. The highest BCUT2D eigenvalue weighted by molar-refractivity contribution is 5.77. The Hall–Kier alpha value is -2.68. The van der Waals surface area contributed by atoms with Crippen LogP contribution in [0.25, 0.3) is 11.0 Å². The van der Waals surface area contributed by atoms with Crippen LogP contribution >= 0.6 is 0 Å². The number of hydrogen-bond donors (Lipinski definition) is 0. The summed E-state index contributed by atoms with van der Waals surface area (Å²) < 4.78 is 2.24. The molecule has 1 unspecified atom stereocenters. The van der Waals surface area contributed by atoms with E-state index in [9.17, 15) is 4.79 Å². The predicted octanol–water partition coefficient (Wildman–Crippen LogP) is 3.69. The van der Waals surface area contributed by atoms with Gasteiger partial charge in [-0.25, -0.2) is 4.98 Å². The van der Waals surface area contributed by atoms with E-state index in [1.807, 2.05) is 30.0 Å². The summed E-state index contributed by atoms with van der Waals surface area (Å²) in [5.41, 5.74) is 1.77. The summed E-state index contributed by atoms with van der Waals surface area (Å²) >= 11 is 0. The van der Waals surface area contributed by atoms with Crippen molar-refractivity contribution in [2.75, 3.05) is 6.54 Å². The van der Waals surface area contributed by atoms with Gasteiger partial charge in [0.1, 0.15) is 5.82 Å². The lowest BCUT2D eigenvalue weighted by Crippen LogP contribution is -2.38. The SMILES string of the molecule is C#CCCC1(CCC(=O)N2CCCC2Cn2c(C)nc3ccccc32)N=N1. The van der Waals surface area contributed by atoms with Gasteiger partial charge < -0.3 is 9.47 Å². The molecule has 0 radical (unpaired) electrons. The van der Waals surface area contributed by atoms with E-state index in [1.54, 1.807) is 0 Å². The fraction of sp³-hybridized carbons (Fsp3) is 0.524. The first-order valence-corrected chi connectivity index (χ1v) is 9.71. The molecular formula is C21H25N5O. The summed E-state index contributed by atoms with van der Waals surface area (Å²) in [7, 11) is 0. The largest absolute Gasteiger partial charge is 0.338 e. The number of para-hydroxylation sites is 2. The molecule has 1 fully saturated rings. The van der Waals surface area contributed by atoms with Crippen molar-refractivity contribution in [3.8, 4) is 12.3 Å². The molecule has 6 nitrogen and oxygen atoms in total. The molecule has 140 valence electrons. The van der Waals surface area contributed by atoms with Gasteiger partial charge in [0.2, 0.25) is 5.91 Å². The van der Waals surface area contributed by atoms with Crippen LogP contribution in [0, 0.1) is 19.3 Å². The lowest BCUT2D eigenvalue weighted by molar-refractivity contribution is -0.132. The number of nitrogens with zero attached hydrogens (tertiary/aromatic N) is 5. The zero-order valence-corrected chi connectivity index (χ0v) is 15.8. The molecule has 4 rings (SSSR count). The second kappa shape index (κ2) is 7.15. The van der Waals surface area contributed by atoms with E-state index in [1.165, 1.54) is 0 Å². The van der Waals surface area contributed by atoms with Crippen molar-refractivity contribution in [3.05, 3.63) is 30.1 Å². The average Bonchev–Trinajstić information content (AvgIpc) is 3.17. The van der Waals surface area contributed by atoms with Gasteiger partial charge in [-0.3, -0.25) is 4.79 Å². The monoisotopic (exact) mass is 363 g/mol. The summed E-state index contributed by atoms with van der Waals surface area (Å²) in [5.74, 6) is 3.84. The van der Waals surface area contributed by atoms with E-state index < -0.39 is 0 Å². The lowest BCUT2D eigenvalue weighted by Gasteiger charge is -2.26. The number of fused-ring (bicyclic) bond motifs is 1. The zero-order chi connectivity index (χ0) is 18.9. The van der Waals surface area contributed by atoms with Gasteiger partial charge >= 0.3 is 0 Å². The third kappa shape index (κ3) is 3.59. The van der Waals surface area contributed by atoms with E-state index in [-0.39, 0.29) is 17.6 Å². The first kappa shape index (κ1) is 17.7. The number of carbonyl (C=O) groups is 1. The molecule has 1 aromatic heterocycles. The number of benzene rings is 1. The fourth-order valence-electron chi connectivity index (χ4n) is 4.11. The Labute approximate surface area is 159 Å². The maximum atomic E-state index is 12.9. The number of likely N-dealkylation sites (tertiary alicyclic amines) is 1. The van der Waals surface area contributed by atoms with Crippen LogP contribution in [0.4, 0.5) is 0 Å². The minimum absolute atomic E-state index is 0.206. The van der Waals surface area contributed by atoms with E-state index >= 15 is 0 Å². The van der Waals surface area contributed by atoms with Gasteiger partial charge in [0.05, 0.1) is 11.0 Å². The topological polar surface area (TPSA) is 62.9 Å². The molecule has 3 heterocycles. The van der Waals surface area contributed by atoms with Crippen LogP contribution in [-0.4, -0.2) is 38.6 Å². The predicted molar refractivity (Wildman–Crippen MR) is 104 cm³/mol. The van der Waals surface area contributed by atoms with Crippen LogP contribution in [-0.2, 0) is 11.3 Å². The third-order valence-electron chi connectivity index (χ3n) is 5.73. The second-order valence-corrected chi connectivity index (χ2v) is 7.53. The van der Waals surface area contributed by atoms with Crippen molar-refractivity contribution >= 4 is 16.9 Å². The quantitative estimate of drug-likeness (QED) is 0.704. The Morgan fingerprint density at radius 1 is 1.33 bits per heavy atom. The summed E-state index contributed by atoms with van der Waals surface area (Å²) in [6, 6.07) is 8.41. The lowest BCUT2D eigenvalue weighted by atomic mass is 10.0. The molecule has 2 aliphatic heterocycles. The van der Waals surface area contributed by atoms with E-state index in [0.717, 1.165) is 49.2 Å². The van der Waals surface area contributed by atoms with Crippen LogP contribution in [0.3, 0.4) is 0 Å². The normalized spacial score (nSPS) is 20.1. The summed E-state index contributed by atoms with van der Waals surface area (Å²) in [5, 5.41) is 8.28. The molecule has 0 N–H and O–H groups in total. The number of aromatic nitrogens is 2. The van der Waals surface area contributed by atoms with Crippen molar-refractivity contribution in [3.63, 3.8) is 0 Å². The highest BCUT2D eigenvalue weighted by Crippen LogP contribution is 2.38. The molecule has 6 heteroatoms. The second-order valence-electron chi connectivity index (χ2n) is 7.53. The summed E-state index contributed by atoms with van der Waals surface area (Å²) in [4.78, 5) is 19.6. The van der Waals surface area contributed by atoms with Crippen molar-refractivity contribution in [2.45, 2.75) is 63.7 Å². The molecule has 2 aromatic rings. The van der Waals surface area contributed by atoms with Gasteiger partial charge in [0.25, 0.3) is 0 Å². The van der Waals surface area contributed by atoms with Crippen molar-refractivity contribution in [1.82, 2.24) is 14.5 Å². The number of terminal acetylenes is 1. The number of rotatable bonds is 7. The van der Waals surface area contributed by atoms with Gasteiger partial charge in [0, 0.05) is 44.8 Å². The maximum absolute atomic E-state index is 12.9. The summed E-state index contributed by atoms with van der Waals surface area (Å²) in [6.45, 7) is 3.67. The molecule has 0 bridgehead atoms. The number of aryl methyl sites for hydroxylation is 1. The molecule has 1 saturated heterocycles. The van der Waals surface area contributed by atoms with Crippen LogP contribution in [0.15, 0.2) is 34.5 Å². The molecule has 1 aromatic carbocycles. The van der Waals surface area contributed by atoms with Crippen molar-refractivity contribution in [2.24, 2.45) is 10.2 Å². The molecule has 1 atom stereocenters. The minimum atomic E-state index is -0.381. The van der Waals surface area contributed by atoms with E-state index in [2.05, 4.69) is 31.8 Å².